The zero-order valence-corrected chi connectivity index (χ0v) is 13.4. The van der Waals surface area contributed by atoms with Crippen molar-refractivity contribution in [3.8, 4) is 0 Å². The number of alkyl halides is 3. The van der Waals surface area contributed by atoms with Gasteiger partial charge in [0.2, 0.25) is 5.91 Å². The minimum atomic E-state index is -4.58. The molecular formula is C14H13BrF3N3O. The van der Waals surface area contributed by atoms with Crippen molar-refractivity contribution in [1.29, 1.82) is 0 Å². The number of anilines is 1. The molecule has 22 heavy (non-hydrogen) atoms. The summed E-state index contributed by atoms with van der Waals surface area (Å²) in [7, 11) is 0. The molecule has 0 aliphatic rings. The number of hydrogen-bond acceptors (Lipinski definition) is 2. The SMILES string of the molecule is Cc1c(Br)c(C(F)(F)F)nn1[C@H](C)C(=O)Nc1ccccc1. The number of amides is 1. The highest BCUT2D eigenvalue weighted by Gasteiger charge is 2.38. The summed E-state index contributed by atoms with van der Waals surface area (Å²) in [4.78, 5) is 12.2. The molecule has 1 heterocycles. The first-order valence-electron chi connectivity index (χ1n) is 6.39. The Labute approximate surface area is 133 Å². The second-order valence-corrected chi connectivity index (χ2v) is 5.51. The van der Waals surface area contributed by atoms with Gasteiger partial charge in [0.25, 0.3) is 0 Å². The molecular weight excluding hydrogens is 363 g/mol. The van der Waals surface area contributed by atoms with E-state index in [1.807, 2.05) is 0 Å². The smallest absolute Gasteiger partial charge is 0.324 e. The largest absolute Gasteiger partial charge is 0.436 e. The minimum absolute atomic E-state index is 0.153. The first-order chi connectivity index (χ1) is 10.2. The van der Waals surface area contributed by atoms with Gasteiger partial charge in [0, 0.05) is 5.69 Å². The molecule has 0 aliphatic heterocycles. The van der Waals surface area contributed by atoms with Crippen LogP contribution in [0.15, 0.2) is 34.8 Å². The minimum Gasteiger partial charge on any atom is -0.324 e. The number of nitrogens with zero attached hydrogens (tertiary/aromatic N) is 2. The molecule has 1 amide bonds. The van der Waals surface area contributed by atoms with Crippen molar-refractivity contribution < 1.29 is 18.0 Å². The lowest BCUT2D eigenvalue weighted by Gasteiger charge is -2.14. The lowest BCUT2D eigenvalue weighted by Crippen LogP contribution is -2.25. The van der Waals surface area contributed by atoms with Crippen LogP contribution < -0.4 is 5.32 Å². The molecule has 1 atom stereocenters. The number of hydrogen-bond donors (Lipinski definition) is 1. The van der Waals surface area contributed by atoms with Crippen LogP contribution in [0.4, 0.5) is 18.9 Å². The average Bonchev–Trinajstić information content (AvgIpc) is 2.75. The quantitative estimate of drug-likeness (QED) is 0.874. The van der Waals surface area contributed by atoms with Crippen LogP contribution in [0.25, 0.3) is 0 Å². The van der Waals surface area contributed by atoms with Gasteiger partial charge in [0.1, 0.15) is 6.04 Å². The fourth-order valence-corrected chi connectivity index (χ4v) is 2.42. The Hall–Kier alpha value is -1.83. The summed E-state index contributed by atoms with van der Waals surface area (Å²) < 4.78 is 39.4. The Bertz CT molecular complexity index is 683. The topological polar surface area (TPSA) is 46.9 Å². The molecule has 4 nitrogen and oxygen atoms in total. The van der Waals surface area contributed by atoms with E-state index in [0.717, 1.165) is 4.68 Å². The van der Waals surface area contributed by atoms with E-state index in [9.17, 15) is 18.0 Å². The van der Waals surface area contributed by atoms with E-state index in [2.05, 4.69) is 26.3 Å². The summed E-state index contributed by atoms with van der Waals surface area (Å²) in [5.41, 5.74) is -0.230. The lowest BCUT2D eigenvalue weighted by molar-refractivity contribution is -0.142. The van der Waals surface area contributed by atoms with Crippen molar-refractivity contribution in [3.05, 3.63) is 46.2 Å². The second kappa shape index (κ2) is 6.12. The third-order valence-corrected chi connectivity index (χ3v) is 4.08. The lowest BCUT2D eigenvalue weighted by atomic mass is 10.2. The molecule has 1 aromatic heterocycles. The van der Waals surface area contributed by atoms with Crippen molar-refractivity contribution in [1.82, 2.24) is 9.78 Å². The van der Waals surface area contributed by atoms with Gasteiger partial charge in [-0.25, -0.2) is 0 Å². The van der Waals surface area contributed by atoms with Gasteiger partial charge in [-0.05, 0) is 41.9 Å². The molecule has 1 aromatic carbocycles. The van der Waals surface area contributed by atoms with Crippen LogP contribution >= 0.6 is 15.9 Å². The molecule has 118 valence electrons. The summed E-state index contributed by atoms with van der Waals surface area (Å²) >= 11 is 2.89. The van der Waals surface area contributed by atoms with Crippen LogP contribution in [0.1, 0.15) is 24.4 Å². The predicted octanol–water partition coefficient (Wildman–Crippen LogP) is 4.17. The molecule has 2 rings (SSSR count). The maximum Gasteiger partial charge on any atom is 0.436 e. The van der Waals surface area contributed by atoms with Gasteiger partial charge in [-0.15, -0.1) is 0 Å². The second-order valence-electron chi connectivity index (χ2n) is 4.72. The summed E-state index contributed by atoms with van der Waals surface area (Å²) in [5.74, 6) is -0.446. The van der Waals surface area contributed by atoms with Crippen LogP contribution in [0.5, 0.6) is 0 Å². The zero-order chi connectivity index (χ0) is 16.5. The van der Waals surface area contributed by atoms with Crippen molar-refractivity contribution in [2.75, 3.05) is 5.32 Å². The Morgan fingerprint density at radius 2 is 1.91 bits per heavy atom. The monoisotopic (exact) mass is 375 g/mol. The van der Waals surface area contributed by atoms with Crippen molar-refractivity contribution >= 4 is 27.5 Å². The van der Waals surface area contributed by atoms with Crippen LogP contribution in [-0.4, -0.2) is 15.7 Å². The molecule has 2 aromatic rings. The van der Waals surface area contributed by atoms with Gasteiger partial charge in [-0.2, -0.15) is 18.3 Å². The molecule has 0 fully saturated rings. The van der Waals surface area contributed by atoms with Crippen molar-refractivity contribution in [2.45, 2.75) is 26.1 Å². The third-order valence-electron chi connectivity index (χ3n) is 3.13. The molecule has 0 aliphatic carbocycles. The van der Waals surface area contributed by atoms with E-state index in [-0.39, 0.29) is 10.2 Å². The molecule has 0 saturated heterocycles. The summed E-state index contributed by atoms with van der Waals surface area (Å²) in [5, 5.41) is 6.17. The number of carbonyl (C=O) groups excluding carboxylic acids is 1. The number of para-hydroxylation sites is 1. The molecule has 0 radical (unpaired) electrons. The van der Waals surface area contributed by atoms with Crippen LogP contribution in [0.2, 0.25) is 0 Å². The molecule has 0 saturated carbocycles. The number of benzene rings is 1. The highest BCUT2D eigenvalue weighted by Crippen LogP contribution is 2.36. The Morgan fingerprint density at radius 3 is 2.41 bits per heavy atom. The predicted molar refractivity (Wildman–Crippen MR) is 79.4 cm³/mol. The number of halogens is 4. The number of carbonyl (C=O) groups is 1. The van der Waals surface area contributed by atoms with Crippen molar-refractivity contribution in [2.24, 2.45) is 0 Å². The molecule has 0 spiro atoms. The zero-order valence-electron chi connectivity index (χ0n) is 11.8. The van der Waals surface area contributed by atoms with Gasteiger partial charge in [-0.1, -0.05) is 18.2 Å². The van der Waals surface area contributed by atoms with Gasteiger partial charge in [0.05, 0.1) is 10.2 Å². The average molecular weight is 376 g/mol. The Morgan fingerprint density at radius 1 is 1.32 bits per heavy atom. The fraction of sp³-hybridized carbons (Fsp3) is 0.286. The fourth-order valence-electron chi connectivity index (χ4n) is 1.94. The molecule has 0 bridgehead atoms. The van der Waals surface area contributed by atoms with E-state index in [1.54, 1.807) is 30.3 Å². The van der Waals surface area contributed by atoms with Crippen LogP contribution in [0, 0.1) is 6.92 Å². The van der Waals surface area contributed by atoms with E-state index >= 15 is 0 Å². The maximum absolute atomic E-state index is 12.8. The van der Waals surface area contributed by atoms with Gasteiger partial charge < -0.3 is 5.32 Å². The van der Waals surface area contributed by atoms with E-state index in [0.29, 0.717) is 5.69 Å². The molecule has 1 N–H and O–H groups in total. The summed E-state index contributed by atoms with van der Waals surface area (Å²) in [6.45, 7) is 2.96. The Kier molecular flexibility index (Phi) is 4.60. The number of rotatable bonds is 3. The molecule has 0 unspecified atom stereocenters. The van der Waals surface area contributed by atoms with Gasteiger partial charge in [-0.3, -0.25) is 9.48 Å². The first-order valence-corrected chi connectivity index (χ1v) is 7.19. The highest BCUT2D eigenvalue weighted by molar-refractivity contribution is 9.10. The van der Waals surface area contributed by atoms with Crippen LogP contribution in [-0.2, 0) is 11.0 Å². The maximum atomic E-state index is 12.8. The third kappa shape index (κ3) is 3.32. The van der Waals surface area contributed by atoms with Gasteiger partial charge >= 0.3 is 6.18 Å². The van der Waals surface area contributed by atoms with E-state index in [1.165, 1.54) is 13.8 Å². The van der Waals surface area contributed by atoms with Gasteiger partial charge in [0.15, 0.2) is 5.69 Å². The van der Waals surface area contributed by atoms with E-state index < -0.39 is 23.8 Å². The highest BCUT2D eigenvalue weighted by atomic mass is 79.9. The number of nitrogens with one attached hydrogen (secondary N) is 1. The normalized spacial score (nSPS) is 13.0. The van der Waals surface area contributed by atoms with Crippen molar-refractivity contribution in [3.63, 3.8) is 0 Å². The standard InChI is InChI=1S/C14H13BrF3N3O/c1-8-11(15)12(14(16,17)18)20-21(8)9(2)13(22)19-10-6-4-3-5-7-10/h3-7,9H,1-2H3,(H,19,22)/t9-/m1/s1. The Balaban J connectivity index is 2.26. The van der Waals surface area contributed by atoms with Crippen LogP contribution in [0.3, 0.4) is 0 Å². The van der Waals surface area contributed by atoms with E-state index in [4.69, 9.17) is 0 Å². The first kappa shape index (κ1) is 16.5. The molecule has 8 heteroatoms. The summed E-state index contributed by atoms with van der Waals surface area (Å²) in [6, 6.07) is 7.79. The number of aromatic nitrogens is 2. The summed E-state index contributed by atoms with van der Waals surface area (Å²) in [6.07, 6.45) is -4.58.